The lowest BCUT2D eigenvalue weighted by Crippen LogP contribution is -2.22. The Morgan fingerprint density at radius 1 is 1.20 bits per heavy atom. The molecule has 0 radical (unpaired) electrons. The monoisotopic (exact) mass is 347 g/mol. The van der Waals surface area contributed by atoms with E-state index in [4.69, 9.17) is 0 Å². The quantitative estimate of drug-likeness (QED) is 0.809. The third-order valence-corrected chi connectivity index (χ3v) is 3.56. The fourth-order valence-electron chi connectivity index (χ4n) is 1.89. The molecule has 2 aromatic rings. The lowest BCUT2D eigenvalue weighted by Gasteiger charge is -2.29. The predicted octanol–water partition coefficient (Wildman–Crippen LogP) is 4.34. The van der Waals surface area contributed by atoms with Crippen LogP contribution < -0.4 is 0 Å². The van der Waals surface area contributed by atoms with Crippen molar-refractivity contribution in [1.82, 2.24) is 14.8 Å². The summed E-state index contributed by atoms with van der Waals surface area (Å²) in [5, 5.41) is 6.35. The van der Waals surface area contributed by atoms with E-state index in [2.05, 4.69) is 38.3 Å². The molecule has 0 N–H and O–H groups in total. The van der Waals surface area contributed by atoms with Crippen molar-refractivity contribution in [3.63, 3.8) is 0 Å². The fraction of sp³-hybridized carbons (Fsp3) is 0.385. The van der Waals surface area contributed by atoms with E-state index >= 15 is 0 Å². The first-order valence-corrected chi connectivity index (χ1v) is 6.87. The van der Waals surface area contributed by atoms with E-state index in [0.717, 1.165) is 17.1 Å². The van der Waals surface area contributed by atoms with Gasteiger partial charge in [0, 0.05) is 4.47 Å². The van der Waals surface area contributed by atoms with Crippen LogP contribution in [0, 0.1) is 0 Å². The molecular formula is C13H13BrF3N3. The predicted molar refractivity (Wildman–Crippen MR) is 72.3 cm³/mol. The van der Waals surface area contributed by atoms with Gasteiger partial charge in [0.15, 0.2) is 0 Å². The van der Waals surface area contributed by atoms with E-state index in [9.17, 15) is 13.2 Å². The number of hydrogen-bond acceptors (Lipinski definition) is 2. The zero-order valence-electron chi connectivity index (χ0n) is 10.5. The third kappa shape index (κ3) is 4.06. The Balaban J connectivity index is 0.000000160. The summed E-state index contributed by atoms with van der Waals surface area (Å²) >= 11 is 3.41. The minimum absolute atomic E-state index is 0.456. The maximum Gasteiger partial charge on any atom is 0.320 e. The molecule has 0 bridgehead atoms. The molecule has 1 fully saturated rings. The Kier molecular flexibility index (Phi) is 5.17. The molecule has 0 saturated heterocycles. The van der Waals surface area contributed by atoms with Crippen LogP contribution in [0.2, 0.25) is 0 Å². The van der Waals surface area contributed by atoms with Gasteiger partial charge in [0.2, 0.25) is 0 Å². The van der Waals surface area contributed by atoms with Gasteiger partial charge in [0.25, 0.3) is 0 Å². The highest BCUT2D eigenvalue weighted by atomic mass is 79.9. The summed E-state index contributed by atoms with van der Waals surface area (Å²) in [7, 11) is 0. The van der Waals surface area contributed by atoms with Crippen LogP contribution in [-0.2, 0) is 0 Å². The van der Waals surface area contributed by atoms with Crippen LogP contribution in [-0.4, -0.2) is 20.9 Å². The van der Waals surface area contributed by atoms with Gasteiger partial charge in [0.05, 0.1) is 0 Å². The van der Waals surface area contributed by atoms with E-state index < -0.39 is 12.7 Å². The smallest absolute Gasteiger partial charge is 0.262 e. The molecule has 0 amide bonds. The molecule has 7 heteroatoms. The first-order chi connectivity index (χ1) is 9.56. The molecule has 0 unspecified atom stereocenters. The second-order valence-corrected chi connectivity index (χ2v) is 5.42. The number of hydrogen-bond donors (Lipinski definition) is 0. The third-order valence-electron chi connectivity index (χ3n) is 3.06. The van der Waals surface area contributed by atoms with Gasteiger partial charge in [-0.1, -0.05) is 28.1 Å². The normalized spacial score (nSPS) is 21.1. The summed E-state index contributed by atoms with van der Waals surface area (Å²) in [5.74, 6) is 0.456. The molecule has 1 aliphatic rings. The van der Waals surface area contributed by atoms with E-state index in [1.807, 2.05) is 12.1 Å². The van der Waals surface area contributed by atoms with Gasteiger partial charge in [-0.15, -0.1) is 10.2 Å². The van der Waals surface area contributed by atoms with Crippen LogP contribution in [0.1, 0.15) is 30.9 Å². The van der Waals surface area contributed by atoms with Crippen molar-refractivity contribution in [3.05, 3.63) is 47.0 Å². The number of rotatable bonds is 2. The van der Waals surface area contributed by atoms with Crippen LogP contribution in [0.3, 0.4) is 0 Å². The largest absolute Gasteiger partial charge is 0.320 e. The number of aromatic nitrogens is 3. The van der Waals surface area contributed by atoms with E-state index in [1.54, 1.807) is 0 Å². The summed E-state index contributed by atoms with van der Waals surface area (Å²) in [6.45, 7) is -2.52. The molecule has 108 valence electrons. The van der Waals surface area contributed by atoms with Gasteiger partial charge in [-0.2, -0.15) is 8.78 Å². The topological polar surface area (TPSA) is 30.7 Å². The van der Waals surface area contributed by atoms with Crippen LogP contribution in [0.4, 0.5) is 13.2 Å². The van der Waals surface area contributed by atoms with Crippen molar-refractivity contribution in [2.24, 2.45) is 0 Å². The van der Waals surface area contributed by atoms with Gasteiger partial charge in [-0.3, -0.25) is 4.57 Å². The van der Waals surface area contributed by atoms with Gasteiger partial charge in [-0.05, 0) is 36.5 Å². The first kappa shape index (κ1) is 15.0. The average Bonchev–Trinajstić information content (AvgIpc) is 2.90. The minimum atomic E-state index is -2.52. The van der Waals surface area contributed by atoms with Crippen LogP contribution >= 0.6 is 15.9 Å². The molecule has 3 nitrogen and oxygen atoms in total. The van der Waals surface area contributed by atoms with Gasteiger partial charge < -0.3 is 0 Å². The molecule has 1 aromatic heterocycles. The molecule has 0 aliphatic heterocycles. The van der Waals surface area contributed by atoms with Crippen molar-refractivity contribution >= 4 is 15.9 Å². The Bertz CT molecular complexity index is 527. The van der Waals surface area contributed by atoms with E-state index in [0.29, 0.717) is 23.3 Å². The Labute approximate surface area is 123 Å². The minimum Gasteiger partial charge on any atom is -0.262 e. The van der Waals surface area contributed by atoms with Gasteiger partial charge >= 0.3 is 6.55 Å². The molecule has 3 rings (SSSR count). The number of benzene rings is 1. The Hall–Kier alpha value is -1.37. The Morgan fingerprint density at radius 3 is 2.30 bits per heavy atom. The number of halogens is 4. The molecule has 0 atom stereocenters. The van der Waals surface area contributed by atoms with Crippen LogP contribution in [0.25, 0.3) is 0 Å². The van der Waals surface area contributed by atoms with Crippen LogP contribution in [0.15, 0.2) is 41.4 Å². The van der Waals surface area contributed by atoms with Crippen molar-refractivity contribution in [2.45, 2.75) is 31.5 Å². The molecule has 1 aliphatic carbocycles. The van der Waals surface area contributed by atoms with Crippen molar-refractivity contribution in [2.75, 3.05) is 0 Å². The number of alkyl halides is 3. The summed E-state index contributed by atoms with van der Waals surface area (Å²) in [4.78, 5) is 0. The SMILES string of the molecule is FC(F)n1cnnc1.FC1CC(c2cccc(Br)c2)C1. The molecule has 1 aromatic carbocycles. The summed E-state index contributed by atoms with van der Waals surface area (Å²) in [6, 6.07) is 8.15. The lowest BCUT2D eigenvalue weighted by atomic mass is 9.78. The standard InChI is InChI=1S/C10H10BrF.C3H3F2N3/c11-9-3-1-2-7(4-9)8-5-10(12)6-8;4-3(5)8-1-6-7-2-8/h1-4,8,10H,5-6H2;1-3H. The summed E-state index contributed by atoms with van der Waals surface area (Å²) in [5.41, 5.74) is 1.26. The average molecular weight is 348 g/mol. The van der Waals surface area contributed by atoms with Gasteiger partial charge in [-0.25, -0.2) is 4.39 Å². The maximum atomic E-state index is 12.5. The molecule has 1 saturated carbocycles. The van der Waals surface area contributed by atoms with Crippen molar-refractivity contribution < 1.29 is 13.2 Å². The molecule has 0 spiro atoms. The zero-order valence-corrected chi connectivity index (χ0v) is 12.0. The van der Waals surface area contributed by atoms with E-state index in [1.165, 1.54) is 5.56 Å². The fourth-order valence-corrected chi connectivity index (χ4v) is 2.31. The Morgan fingerprint density at radius 2 is 1.85 bits per heavy atom. The second-order valence-electron chi connectivity index (χ2n) is 4.51. The zero-order chi connectivity index (χ0) is 14.5. The lowest BCUT2D eigenvalue weighted by molar-refractivity contribution is 0.0698. The van der Waals surface area contributed by atoms with Crippen molar-refractivity contribution in [1.29, 1.82) is 0 Å². The van der Waals surface area contributed by atoms with E-state index in [-0.39, 0.29) is 0 Å². The van der Waals surface area contributed by atoms with Crippen LogP contribution in [0.5, 0.6) is 0 Å². The summed E-state index contributed by atoms with van der Waals surface area (Å²) < 4.78 is 37.2. The highest BCUT2D eigenvalue weighted by Crippen LogP contribution is 2.39. The summed E-state index contributed by atoms with van der Waals surface area (Å²) in [6.07, 6.45) is 2.77. The number of nitrogens with zero attached hydrogens (tertiary/aromatic N) is 3. The highest BCUT2D eigenvalue weighted by Gasteiger charge is 2.29. The molecular weight excluding hydrogens is 335 g/mol. The molecule has 1 heterocycles. The van der Waals surface area contributed by atoms with Crippen molar-refractivity contribution in [3.8, 4) is 0 Å². The highest BCUT2D eigenvalue weighted by molar-refractivity contribution is 9.10. The molecule has 20 heavy (non-hydrogen) atoms. The van der Waals surface area contributed by atoms with Gasteiger partial charge in [0.1, 0.15) is 18.8 Å². The first-order valence-electron chi connectivity index (χ1n) is 6.08. The maximum absolute atomic E-state index is 12.5. The second kappa shape index (κ2) is 6.88.